The first-order valence-electron chi connectivity index (χ1n) is 7.07. The molecule has 1 rings (SSSR count). The van der Waals surface area contributed by atoms with Crippen molar-refractivity contribution in [1.82, 2.24) is 5.32 Å². The Morgan fingerprint density at radius 2 is 1.94 bits per heavy atom. The second-order valence-corrected chi connectivity index (χ2v) is 5.82. The van der Waals surface area contributed by atoms with E-state index >= 15 is 0 Å². The molecule has 17 heavy (non-hydrogen) atoms. The van der Waals surface area contributed by atoms with Crippen LogP contribution in [0.15, 0.2) is 0 Å². The van der Waals surface area contributed by atoms with Gasteiger partial charge in [-0.05, 0) is 25.7 Å². The third-order valence-corrected chi connectivity index (χ3v) is 3.91. The van der Waals surface area contributed by atoms with Gasteiger partial charge in [0.15, 0.2) is 0 Å². The Hall–Kier alpha value is -0.120. The van der Waals surface area contributed by atoms with Crippen molar-refractivity contribution in [3.8, 4) is 0 Å². The van der Waals surface area contributed by atoms with Crippen molar-refractivity contribution >= 4 is 0 Å². The summed E-state index contributed by atoms with van der Waals surface area (Å²) in [5.74, 6) is 0.272. The van der Waals surface area contributed by atoms with Crippen LogP contribution in [0.25, 0.3) is 0 Å². The lowest BCUT2D eigenvalue weighted by Gasteiger charge is -2.28. The van der Waals surface area contributed by atoms with Crippen LogP contribution in [-0.4, -0.2) is 36.5 Å². The monoisotopic (exact) mass is 243 g/mol. The highest BCUT2D eigenvalue weighted by Gasteiger charge is 2.23. The Morgan fingerprint density at radius 1 is 1.29 bits per heavy atom. The zero-order valence-corrected chi connectivity index (χ0v) is 11.7. The van der Waals surface area contributed by atoms with Gasteiger partial charge in [0.2, 0.25) is 0 Å². The first-order valence-corrected chi connectivity index (χ1v) is 7.07. The van der Waals surface area contributed by atoms with Crippen LogP contribution in [0.5, 0.6) is 0 Å². The molecular formula is C14H29NO2. The summed E-state index contributed by atoms with van der Waals surface area (Å²) < 4.78 is 5.81. The molecule has 1 aliphatic rings. The minimum atomic E-state index is -0.620. The molecule has 3 nitrogen and oxygen atoms in total. The maximum absolute atomic E-state index is 10.0. The summed E-state index contributed by atoms with van der Waals surface area (Å²) in [4.78, 5) is 0. The van der Waals surface area contributed by atoms with E-state index in [1.807, 2.05) is 20.8 Å². The minimum absolute atomic E-state index is 0.272. The van der Waals surface area contributed by atoms with E-state index in [4.69, 9.17) is 4.74 Å². The van der Waals surface area contributed by atoms with Gasteiger partial charge in [-0.15, -0.1) is 0 Å². The molecule has 0 heterocycles. The van der Waals surface area contributed by atoms with Gasteiger partial charge >= 0.3 is 0 Å². The highest BCUT2D eigenvalue weighted by atomic mass is 16.5. The number of nitrogens with one attached hydrogen (secondary N) is 1. The molecule has 3 heteroatoms. The summed E-state index contributed by atoms with van der Waals surface area (Å²) in [7, 11) is 0. The second kappa shape index (κ2) is 7.34. The molecule has 0 spiro atoms. The molecule has 0 aromatic carbocycles. The largest absolute Gasteiger partial charge is 0.389 e. The standard InChI is InChI=1S/C14H29NO2/c1-12(2)14(3,16)11-15-9-10-17-13-7-5-4-6-8-13/h12-13,15-16H,4-11H2,1-3H3. The van der Waals surface area contributed by atoms with E-state index in [2.05, 4.69) is 5.32 Å². The van der Waals surface area contributed by atoms with Gasteiger partial charge in [-0.3, -0.25) is 0 Å². The van der Waals surface area contributed by atoms with Crippen molar-refractivity contribution in [3.05, 3.63) is 0 Å². The first-order chi connectivity index (χ1) is 8.02. The fourth-order valence-electron chi connectivity index (χ4n) is 2.08. The van der Waals surface area contributed by atoms with Gasteiger partial charge in [0.25, 0.3) is 0 Å². The number of aliphatic hydroxyl groups is 1. The summed E-state index contributed by atoms with van der Waals surface area (Å²) >= 11 is 0. The van der Waals surface area contributed by atoms with Crippen LogP contribution < -0.4 is 5.32 Å². The zero-order chi connectivity index (χ0) is 12.7. The van der Waals surface area contributed by atoms with Crippen LogP contribution in [-0.2, 0) is 4.74 Å². The Kier molecular flexibility index (Phi) is 6.45. The molecule has 0 saturated heterocycles. The summed E-state index contributed by atoms with van der Waals surface area (Å²) in [6, 6.07) is 0. The highest BCUT2D eigenvalue weighted by Crippen LogP contribution is 2.20. The molecule has 0 aromatic rings. The number of ether oxygens (including phenoxy) is 1. The number of hydrogen-bond donors (Lipinski definition) is 2. The average Bonchev–Trinajstić information content (AvgIpc) is 2.29. The highest BCUT2D eigenvalue weighted by molar-refractivity contribution is 4.78. The van der Waals surface area contributed by atoms with E-state index < -0.39 is 5.60 Å². The van der Waals surface area contributed by atoms with E-state index in [-0.39, 0.29) is 5.92 Å². The molecule has 1 unspecified atom stereocenters. The molecule has 2 N–H and O–H groups in total. The summed E-state index contributed by atoms with van der Waals surface area (Å²) in [5.41, 5.74) is -0.620. The van der Waals surface area contributed by atoms with E-state index in [1.165, 1.54) is 32.1 Å². The lowest BCUT2D eigenvalue weighted by Crippen LogP contribution is -2.43. The van der Waals surface area contributed by atoms with E-state index in [9.17, 15) is 5.11 Å². The fourth-order valence-corrected chi connectivity index (χ4v) is 2.08. The Bertz CT molecular complexity index is 198. The maximum Gasteiger partial charge on any atom is 0.0766 e. The van der Waals surface area contributed by atoms with Crippen LogP contribution in [0.2, 0.25) is 0 Å². The normalized spacial score (nSPS) is 21.7. The van der Waals surface area contributed by atoms with Crippen LogP contribution in [0.4, 0.5) is 0 Å². The van der Waals surface area contributed by atoms with Crippen LogP contribution >= 0.6 is 0 Å². The SMILES string of the molecule is CC(C)C(C)(O)CNCCOC1CCCCC1. The molecule has 1 saturated carbocycles. The Labute approximate surface area is 106 Å². The average molecular weight is 243 g/mol. The quantitative estimate of drug-likeness (QED) is 0.674. The van der Waals surface area contributed by atoms with Crippen LogP contribution in [0.1, 0.15) is 52.9 Å². The summed E-state index contributed by atoms with van der Waals surface area (Å²) in [6.07, 6.45) is 6.94. The van der Waals surface area contributed by atoms with Crippen molar-refractivity contribution < 1.29 is 9.84 Å². The first kappa shape index (κ1) is 14.9. The van der Waals surface area contributed by atoms with Crippen molar-refractivity contribution in [2.75, 3.05) is 19.7 Å². The van der Waals surface area contributed by atoms with Gasteiger partial charge in [0, 0.05) is 13.1 Å². The third-order valence-electron chi connectivity index (χ3n) is 3.91. The number of hydrogen-bond acceptors (Lipinski definition) is 3. The predicted octanol–water partition coefficient (Wildman–Crippen LogP) is 2.33. The van der Waals surface area contributed by atoms with Gasteiger partial charge in [0.05, 0.1) is 18.3 Å². The van der Waals surface area contributed by atoms with Crippen LogP contribution in [0.3, 0.4) is 0 Å². The van der Waals surface area contributed by atoms with Gasteiger partial charge in [-0.1, -0.05) is 33.1 Å². The molecule has 0 aliphatic heterocycles. The van der Waals surface area contributed by atoms with Gasteiger partial charge in [0.1, 0.15) is 0 Å². The van der Waals surface area contributed by atoms with Crippen molar-refractivity contribution in [2.45, 2.75) is 64.6 Å². The van der Waals surface area contributed by atoms with Crippen molar-refractivity contribution in [2.24, 2.45) is 5.92 Å². The van der Waals surface area contributed by atoms with Gasteiger partial charge < -0.3 is 15.2 Å². The predicted molar refractivity (Wildman–Crippen MR) is 71.2 cm³/mol. The summed E-state index contributed by atoms with van der Waals surface area (Å²) in [6.45, 7) is 8.20. The molecule has 0 radical (unpaired) electrons. The molecular weight excluding hydrogens is 214 g/mol. The second-order valence-electron chi connectivity index (χ2n) is 5.82. The van der Waals surface area contributed by atoms with E-state index in [0.29, 0.717) is 12.6 Å². The molecule has 1 aliphatic carbocycles. The van der Waals surface area contributed by atoms with Crippen molar-refractivity contribution in [3.63, 3.8) is 0 Å². The minimum Gasteiger partial charge on any atom is -0.389 e. The molecule has 1 atom stereocenters. The van der Waals surface area contributed by atoms with Crippen molar-refractivity contribution in [1.29, 1.82) is 0 Å². The zero-order valence-electron chi connectivity index (χ0n) is 11.7. The summed E-state index contributed by atoms with van der Waals surface area (Å²) in [5, 5.41) is 13.3. The molecule has 0 bridgehead atoms. The van der Waals surface area contributed by atoms with E-state index in [1.54, 1.807) is 0 Å². The van der Waals surface area contributed by atoms with Gasteiger partial charge in [-0.25, -0.2) is 0 Å². The molecule has 0 aromatic heterocycles. The maximum atomic E-state index is 10.0. The smallest absolute Gasteiger partial charge is 0.0766 e. The Morgan fingerprint density at radius 3 is 2.53 bits per heavy atom. The number of rotatable bonds is 7. The van der Waals surface area contributed by atoms with Gasteiger partial charge in [-0.2, -0.15) is 0 Å². The lowest BCUT2D eigenvalue weighted by molar-refractivity contribution is 0.00560. The molecule has 102 valence electrons. The van der Waals surface area contributed by atoms with E-state index in [0.717, 1.165) is 13.2 Å². The molecule has 1 fully saturated rings. The fraction of sp³-hybridized carbons (Fsp3) is 1.00. The lowest BCUT2D eigenvalue weighted by atomic mass is 9.93. The van der Waals surface area contributed by atoms with Crippen LogP contribution in [0, 0.1) is 5.92 Å². The molecule has 0 amide bonds. The Balaban J connectivity index is 2.00. The third kappa shape index (κ3) is 5.84. The topological polar surface area (TPSA) is 41.5 Å².